The van der Waals surface area contributed by atoms with E-state index in [1.54, 1.807) is 36.4 Å². The zero-order valence-electron chi connectivity index (χ0n) is 15.8. The van der Waals surface area contributed by atoms with E-state index in [-0.39, 0.29) is 23.9 Å². The number of nitrogens with zero attached hydrogens (tertiary/aromatic N) is 2. The molecular weight excluding hydrogens is 391 g/mol. The van der Waals surface area contributed by atoms with Gasteiger partial charge in [0.2, 0.25) is 5.91 Å². The second kappa shape index (κ2) is 7.54. The molecule has 148 valence electrons. The van der Waals surface area contributed by atoms with Crippen molar-refractivity contribution in [3.63, 3.8) is 0 Å². The van der Waals surface area contributed by atoms with E-state index in [9.17, 15) is 19.6 Å². The van der Waals surface area contributed by atoms with Crippen LogP contribution in [0.15, 0.2) is 59.1 Å². The van der Waals surface area contributed by atoms with Gasteiger partial charge in [0.1, 0.15) is 11.6 Å². The van der Waals surface area contributed by atoms with E-state index in [0.717, 1.165) is 0 Å². The SMILES string of the molecule is CCOc1ccc([C@]2(O)CSC3=C(C#N)[C@@H](c4ccc(F)cc4)CC(=O)N32)cc1. The van der Waals surface area contributed by atoms with Crippen LogP contribution in [-0.2, 0) is 10.5 Å². The average molecular weight is 410 g/mol. The molecule has 0 aromatic heterocycles. The van der Waals surface area contributed by atoms with Crippen LogP contribution >= 0.6 is 11.8 Å². The predicted molar refractivity (Wildman–Crippen MR) is 107 cm³/mol. The maximum Gasteiger partial charge on any atom is 0.231 e. The van der Waals surface area contributed by atoms with E-state index in [1.807, 2.05) is 6.92 Å². The van der Waals surface area contributed by atoms with Gasteiger partial charge in [-0.15, -0.1) is 11.8 Å². The summed E-state index contributed by atoms with van der Waals surface area (Å²) in [6.45, 7) is 2.42. The van der Waals surface area contributed by atoms with Gasteiger partial charge in [-0.3, -0.25) is 9.69 Å². The van der Waals surface area contributed by atoms with Gasteiger partial charge in [0.15, 0.2) is 5.72 Å². The molecule has 0 spiro atoms. The first-order valence-corrected chi connectivity index (χ1v) is 10.3. The minimum absolute atomic E-state index is 0.0396. The van der Waals surface area contributed by atoms with E-state index in [2.05, 4.69) is 6.07 Å². The highest BCUT2D eigenvalue weighted by atomic mass is 32.2. The summed E-state index contributed by atoms with van der Waals surface area (Å²) in [5.41, 5.74) is 0.162. The van der Waals surface area contributed by atoms with Crippen LogP contribution in [0, 0.1) is 17.1 Å². The highest BCUT2D eigenvalue weighted by molar-refractivity contribution is 8.03. The number of ether oxygens (including phenoxy) is 1. The van der Waals surface area contributed by atoms with Crippen LogP contribution in [0.5, 0.6) is 5.75 Å². The molecule has 1 N–H and O–H groups in total. The largest absolute Gasteiger partial charge is 0.494 e. The normalized spacial score (nSPS) is 23.7. The Kier molecular flexibility index (Phi) is 5.07. The van der Waals surface area contributed by atoms with Crippen molar-refractivity contribution in [1.29, 1.82) is 5.26 Å². The Balaban J connectivity index is 1.73. The first kappa shape index (κ1) is 19.5. The number of carbonyl (C=O) groups is 1. The van der Waals surface area contributed by atoms with Crippen molar-refractivity contribution in [2.45, 2.75) is 25.0 Å². The lowest BCUT2D eigenvalue weighted by Gasteiger charge is -2.38. The zero-order valence-corrected chi connectivity index (χ0v) is 16.6. The van der Waals surface area contributed by atoms with Gasteiger partial charge in [-0.1, -0.05) is 24.3 Å². The number of hydrogen-bond acceptors (Lipinski definition) is 5. The number of hydrogen-bond donors (Lipinski definition) is 1. The quantitative estimate of drug-likeness (QED) is 0.828. The molecule has 2 aromatic carbocycles. The van der Waals surface area contributed by atoms with Gasteiger partial charge in [0, 0.05) is 17.9 Å². The Morgan fingerprint density at radius 2 is 1.97 bits per heavy atom. The highest BCUT2D eigenvalue weighted by Crippen LogP contribution is 2.51. The third kappa shape index (κ3) is 3.28. The molecule has 5 nitrogen and oxygen atoms in total. The molecule has 7 heteroatoms. The Hall–Kier alpha value is -2.82. The first-order chi connectivity index (χ1) is 14.0. The van der Waals surface area contributed by atoms with Crippen molar-refractivity contribution < 1.29 is 19.0 Å². The van der Waals surface area contributed by atoms with Crippen LogP contribution in [-0.4, -0.2) is 28.3 Å². The van der Waals surface area contributed by atoms with Gasteiger partial charge in [-0.25, -0.2) is 4.39 Å². The number of rotatable bonds is 4. The van der Waals surface area contributed by atoms with E-state index < -0.39 is 11.6 Å². The van der Waals surface area contributed by atoms with Gasteiger partial charge in [-0.2, -0.15) is 5.26 Å². The number of halogens is 1. The number of amides is 1. The monoisotopic (exact) mass is 410 g/mol. The maximum absolute atomic E-state index is 13.3. The molecule has 2 heterocycles. The molecule has 0 saturated carbocycles. The molecular formula is C22H19FN2O3S. The molecule has 1 amide bonds. The number of aliphatic hydroxyl groups is 1. The molecule has 2 aromatic rings. The summed E-state index contributed by atoms with van der Waals surface area (Å²) in [7, 11) is 0. The summed E-state index contributed by atoms with van der Waals surface area (Å²) in [4.78, 5) is 14.4. The summed E-state index contributed by atoms with van der Waals surface area (Å²) < 4.78 is 18.7. The van der Waals surface area contributed by atoms with Gasteiger partial charge in [-0.05, 0) is 36.8 Å². The van der Waals surface area contributed by atoms with Crippen LogP contribution in [0.25, 0.3) is 0 Å². The van der Waals surface area contributed by atoms with E-state index >= 15 is 0 Å². The molecule has 0 aliphatic carbocycles. The van der Waals surface area contributed by atoms with Gasteiger partial charge < -0.3 is 9.84 Å². The smallest absolute Gasteiger partial charge is 0.231 e. The molecule has 0 unspecified atom stereocenters. The molecule has 4 rings (SSSR count). The van der Waals surface area contributed by atoms with E-state index in [4.69, 9.17) is 4.74 Å². The molecule has 2 atom stereocenters. The fourth-order valence-electron chi connectivity index (χ4n) is 3.80. The molecule has 0 radical (unpaired) electrons. The van der Waals surface area contributed by atoms with Crippen LogP contribution in [0.3, 0.4) is 0 Å². The standard InChI is InChI=1S/C22H19FN2O3S/c1-2-28-17-9-5-15(6-10-17)22(27)13-29-21-19(12-24)18(11-20(26)25(21)22)14-3-7-16(23)8-4-14/h3-10,18,27H,2,11,13H2,1H3/t18-,22-/m1/s1. The highest BCUT2D eigenvalue weighted by Gasteiger charge is 2.51. The molecule has 1 saturated heterocycles. The Bertz CT molecular complexity index is 1010. The van der Waals surface area contributed by atoms with Crippen molar-refractivity contribution in [3.8, 4) is 11.8 Å². The Morgan fingerprint density at radius 1 is 1.28 bits per heavy atom. The average Bonchev–Trinajstić information content (AvgIpc) is 3.08. The second-order valence-corrected chi connectivity index (χ2v) is 7.89. The molecule has 29 heavy (non-hydrogen) atoms. The van der Waals surface area contributed by atoms with Crippen molar-refractivity contribution >= 4 is 17.7 Å². The second-order valence-electron chi connectivity index (χ2n) is 6.93. The predicted octanol–water partition coefficient (Wildman–Crippen LogP) is 3.87. The lowest BCUT2D eigenvalue weighted by atomic mass is 9.85. The fourth-order valence-corrected chi connectivity index (χ4v) is 5.16. The van der Waals surface area contributed by atoms with E-state index in [0.29, 0.717) is 34.1 Å². The molecule has 2 aliphatic rings. The topological polar surface area (TPSA) is 73.6 Å². The summed E-state index contributed by atoms with van der Waals surface area (Å²) in [6.07, 6.45) is 0.0396. The summed E-state index contributed by atoms with van der Waals surface area (Å²) in [5, 5.41) is 21.7. The molecule has 2 aliphatic heterocycles. The van der Waals surface area contributed by atoms with Gasteiger partial charge in [0.05, 0.1) is 29.0 Å². The number of fused-ring (bicyclic) bond motifs is 1. The summed E-state index contributed by atoms with van der Waals surface area (Å²) in [5.74, 6) is -0.183. The van der Waals surface area contributed by atoms with Crippen molar-refractivity contribution in [1.82, 2.24) is 4.90 Å². The van der Waals surface area contributed by atoms with Crippen LogP contribution in [0.1, 0.15) is 30.4 Å². The number of nitriles is 1. The third-order valence-electron chi connectivity index (χ3n) is 5.21. The first-order valence-electron chi connectivity index (χ1n) is 9.29. The summed E-state index contributed by atoms with van der Waals surface area (Å²) >= 11 is 1.29. The summed E-state index contributed by atoms with van der Waals surface area (Å²) in [6, 6.07) is 15.0. The minimum Gasteiger partial charge on any atom is -0.494 e. The number of carbonyl (C=O) groups excluding carboxylic acids is 1. The van der Waals surface area contributed by atoms with E-state index in [1.165, 1.54) is 28.8 Å². The number of allylic oxidation sites excluding steroid dienone is 1. The molecule has 0 bridgehead atoms. The lowest BCUT2D eigenvalue weighted by molar-refractivity contribution is -0.149. The van der Waals surface area contributed by atoms with Gasteiger partial charge in [0.25, 0.3) is 0 Å². The molecule has 1 fully saturated rings. The zero-order chi connectivity index (χ0) is 20.6. The Morgan fingerprint density at radius 3 is 2.59 bits per heavy atom. The lowest BCUT2D eigenvalue weighted by Crippen LogP contribution is -2.48. The van der Waals surface area contributed by atoms with Crippen molar-refractivity contribution in [3.05, 3.63) is 76.1 Å². The minimum atomic E-state index is -1.53. The fraction of sp³-hybridized carbons (Fsp3) is 0.273. The van der Waals surface area contributed by atoms with Crippen LogP contribution < -0.4 is 4.74 Å². The number of thioether (sulfide) groups is 1. The van der Waals surface area contributed by atoms with Crippen LogP contribution in [0.2, 0.25) is 0 Å². The van der Waals surface area contributed by atoms with Gasteiger partial charge >= 0.3 is 0 Å². The maximum atomic E-state index is 13.3. The van der Waals surface area contributed by atoms with Crippen molar-refractivity contribution in [2.75, 3.05) is 12.4 Å². The van der Waals surface area contributed by atoms with Crippen LogP contribution in [0.4, 0.5) is 4.39 Å². The Labute approximate surface area is 172 Å². The third-order valence-corrected chi connectivity index (χ3v) is 6.43. The van der Waals surface area contributed by atoms with Crippen molar-refractivity contribution in [2.24, 2.45) is 0 Å². The number of benzene rings is 2.